The minimum atomic E-state index is -0.249. The first-order valence-corrected chi connectivity index (χ1v) is 6.70. The van der Waals surface area contributed by atoms with Crippen LogP contribution in [0.5, 0.6) is 5.75 Å². The van der Waals surface area contributed by atoms with Crippen molar-refractivity contribution in [2.45, 2.75) is 5.01 Å². The van der Waals surface area contributed by atoms with Gasteiger partial charge in [0.25, 0.3) is 0 Å². The monoisotopic (exact) mass is 316 g/mol. The number of alkyl halides is 1. The summed E-state index contributed by atoms with van der Waals surface area (Å²) in [5, 5.41) is 8.13. The second kappa shape index (κ2) is 6.85. The first-order chi connectivity index (χ1) is 9.29. The highest BCUT2D eigenvalue weighted by Gasteiger charge is 2.05. The van der Waals surface area contributed by atoms with Crippen LogP contribution >= 0.6 is 15.9 Å². The van der Waals surface area contributed by atoms with Gasteiger partial charge in [-0.1, -0.05) is 36.9 Å². The largest absolute Gasteiger partial charge is 0.473 e. The molecule has 0 aliphatic heterocycles. The summed E-state index contributed by atoms with van der Waals surface area (Å²) in [5.41, 5.74) is 1.48. The summed E-state index contributed by atoms with van der Waals surface area (Å²) < 4.78 is 5.63. The molecule has 0 aromatic heterocycles. The molecule has 0 aliphatic rings. The van der Waals surface area contributed by atoms with E-state index in [4.69, 9.17) is 4.74 Å². The van der Waals surface area contributed by atoms with Gasteiger partial charge in [0.15, 0.2) is 5.01 Å². The molecule has 0 fully saturated rings. The molecule has 2 rings (SSSR count). The second-order valence-electron chi connectivity index (χ2n) is 3.71. The average Bonchev–Trinajstić information content (AvgIpc) is 2.47. The first-order valence-electron chi connectivity index (χ1n) is 5.78. The fraction of sp³-hybridized carbons (Fsp3) is 0.0667. The van der Waals surface area contributed by atoms with E-state index in [0.29, 0.717) is 11.4 Å². The lowest BCUT2D eigenvalue weighted by atomic mass is 10.3. The van der Waals surface area contributed by atoms with Crippen LogP contribution in [0.15, 0.2) is 77.5 Å². The zero-order valence-corrected chi connectivity index (χ0v) is 11.8. The van der Waals surface area contributed by atoms with Crippen LogP contribution in [0.1, 0.15) is 0 Å². The Labute approximate surface area is 120 Å². The molecule has 3 nitrogen and oxygen atoms in total. The fourth-order valence-electron chi connectivity index (χ4n) is 1.42. The van der Waals surface area contributed by atoms with Gasteiger partial charge in [0.2, 0.25) is 0 Å². The molecule has 96 valence electrons. The molecule has 1 atom stereocenters. The maximum absolute atomic E-state index is 5.63. The van der Waals surface area contributed by atoms with Crippen LogP contribution in [0.25, 0.3) is 0 Å². The number of hydrogen-bond donors (Lipinski definition) is 0. The van der Waals surface area contributed by atoms with Gasteiger partial charge in [0.05, 0.1) is 5.69 Å². The topological polar surface area (TPSA) is 34.0 Å². The van der Waals surface area contributed by atoms with Gasteiger partial charge in [0, 0.05) is 0 Å². The van der Waals surface area contributed by atoms with Crippen LogP contribution in [0.4, 0.5) is 11.4 Å². The summed E-state index contributed by atoms with van der Waals surface area (Å²) >= 11 is 3.33. The van der Waals surface area contributed by atoms with Gasteiger partial charge in [-0.05, 0) is 46.3 Å². The Hall–Kier alpha value is -1.94. The van der Waals surface area contributed by atoms with Gasteiger partial charge in [-0.25, -0.2) is 0 Å². The summed E-state index contributed by atoms with van der Waals surface area (Å²) in [6.07, 6.45) is 1.66. The smallest absolute Gasteiger partial charge is 0.171 e. The molecule has 1 unspecified atom stereocenters. The van der Waals surface area contributed by atoms with Gasteiger partial charge < -0.3 is 4.74 Å². The van der Waals surface area contributed by atoms with E-state index in [2.05, 4.69) is 32.7 Å². The van der Waals surface area contributed by atoms with E-state index >= 15 is 0 Å². The third kappa shape index (κ3) is 4.03. The standard InChI is InChI=1S/C15H13BrN2O/c1-2-15(16)19-14-11-7-6-10-13(14)18-17-12-8-4-3-5-9-12/h2-11,15H,1H2. The molecule has 0 amide bonds. The van der Waals surface area contributed by atoms with E-state index in [0.717, 1.165) is 5.69 Å². The fourth-order valence-corrected chi connectivity index (χ4v) is 1.62. The van der Waals surface area contributed by atoms with Crippen molar-refractivity contribution in [1.82, 2.24) is 0 Å². The van der Waals surface area contributed by atoms with Crippen LogP contribution in [-0.2, 0) is 0 Å². The predicted molar refractivity (Wildman–Crippen MR) is 80.6 cm³/mol. The minimum absolute atomic E-state index is 0.249. The molecule has 0 saturated heterocycles. The Bertz CT molecular complexity index is 569. The summed E-state index contributed by atoms with van der Waals surface area (Å²) in [6.45, 7) is 3.65. The van der Waals surface area contributed by atoms with Gasteiger partial charge in [-0.2, -0.15) is 5.11 Å². The summed E-state index contributed by atoms with van der Waals surface area (Å²) in [4.78, 5) is 0. The molecule has 0 bridgehead atoms. The van der Waals surface area contributed by atoms with Crippen LogP contribution in [0.2, 0.25) is 0 Å². The summed E-state index contributed by atoms with van der Waals surface area (Å²) in [5.74, 6) is 0.656. The Morgan fingerprint density at radius 1 is 1.00 bits per heavy atom. The molecule has 0 radical (unpaired) electrons. The van der Waals surface area contributed by atoms with Gasteiger partial charge in [-0.15, -0.1) is 5.11 Å². The molecule has 0 spiro atoms. The van der Waals surface area contributed by atoms with E-state index in [1.165, 1.54) is 0 Å². The number of ether oxygens (including phenoxy) is 1. The Kier molecular flexibility index (Phi) is 4.86. The van der Waals surface area contributed by atoms with Crippen molar-refractivity contribution < 1.29 is 4.74 Å². The molecule has 0 aliphatic carbocycles. The SMILES string of the molecule is C=CC(Br)Oc1ccccc1N=Nc1ccccc1. The quantitative estimate of drug-likeness (QED) is 0.414. The normalized spacial score (nSPS) is 12.3. The zero-order chi connectivity index (χ0) is 13.5. The molecule has 19 heavy (non-hydrogen) atoms. The van der Waals surface area contributed by atoms with E-state index < -0.39 is 0 Å². The van der Waals surface area contributed by atoms with Crippen molar-refractivity contribution in [3.63, 3.8) is 0 Å². The Morgan fingerprint density at radius 3 is 2.42 bits per heavy atom. The van der Waals surface area contributed by atoms with E-state index in [9.17, 15) is 0 Å². The second-order valence-corrected chi connectivity index (χ2v) is 4.61. The van der Waals surface area contributed by atoms with Gasteiger partial charge in [0.1, 0.15) is 11.4 Å². The van der Waals surface area contributed by atoms with Gasteiger partial charge in [-0.3, -0.25) is 0 Å². The number of halogens is 1. The lowest BCUT2D eigenvalue weighted by molar-refractivity contribution is 0.340. The van der Waals surface area contributed by atoms with E-state index in [-0.39, 0.29) is 5.01 Å². The average molecular weight is 317 g/mol. The highest BCUT2D eigenvalue weighted by atomic mass is 79.9. The predicted octanol–water partition coefficient (Wildman–Crippen LogP) is 5.39. The highest BCUT2D eigenvalue weighted by molar-refractivity contribution is 9.09. The van der Waals surface area contributed by atoms with Crippen molar-refractivity contribution in [3.8, 4) is 5.75 Å². The van der Waals surface area contributed by atoms with Crippen LogP contribution in [0, 0.1) is 0 Å². The summed E-state index contributed by atoms with van der Waals surface area (Å²) in [6, 6.07) is 17.0. The highest BCUT2D eigenvalue weighted by Crippen LogP contribution is 2.30. The molecular weight excluding hydrogens is 304 g/mol. The Morgan fingerprint density at radius 2 is 1.68 bits per heavy atom. The van der Waals surface area contributed by atoms with Crippen molar-refractivity contribution in [1.29, 1.82) is 0 Å². The van der Waals surface area contributed by atoms with Gasteiger partial charge >= 0.3 is 0 Å². The maximum Gasteiger partial charge on any atom is 0.171 e. The number of hydrogen-bond acceptors (Lipinski definition) is 3. The molecule has 2 aromatic rings. The molecule has 0 heterocycles. The first kappa shape index (κ1) is 13.5. The summed E-state index contributed by atoms with van der Waals surface area (Å²) in [7, 11) is 0. The van der Waals surface area contributed by atoms with Crippen molar-refractivity contribution in [3.05, 3.63) is 67.3 Å². The lowest BCUT2D eigenvalue weighted by Crippen LogP contribution is -2.03. The van der Waals surface area contributed by atoms with Crippen LogP contribution in [-0.4, -0.2) is 5.01 Å². The Balaban J connectivity index is 2.20. The molecule has 4 heteroatoms. The minimum Gasteiger partial charge on any atom is -0.473 e. The molecule has 2 aromatic carbocycles. The number of para-hydroxylation sites is 1. The molecular formula is C15H13BrN2O. The van der Waals surface area contributed by atoms with E-state index in [1.807, 2.05) is 54.6 Å². The maximum atomic E-state index is 5.63. The van der Waals surface area contributed by atoms with Crippen molar-refractivity contribution >= 4 is 27.3 Å². The number of azo groups is 1. The lowest BCUT2D eigenvalue weighted by Gasteiger charge is -2.10. The van der Waals surface area contributed by atoms with Crippen molar-refractivity contribution in [2.24, 2.45) is 10.2 Å². The molecule has 0 saturated carbocycles. The van der Waals surface area contributed by atoms with E-state index in [1.54, 1.807) is 6.08 Å². The number of rotatable bonds is 5. The van der Waals surface area contributed by atoms with Crippen molar-refractivity contribution in [2.75, 3.05) is 0 Å². The molecule has 0 N–H and O–H groups in total. The van der Waals surface area contributed by atoms with Crippen LogP contribution < -0.4 is 4.74 Å². The number of nitrogens with zero attached hydrogens (tertiary/aromatic N) is 2. The number of benzene rings is 2. The third-order valence-electron chi connectivity index (χ3n) is 2.32. The third-order valence-corrected chi connectivity index (χ3v) is 2.88. The van der Waals surface area contributed by atoms with Crippen LogP contribution in [0.3, 0.4) is 0 Å². The zero-order valence-electron chi connectivity index (χ0n) is 10.2.